The maximum Gasteiger partial charge on any atom is 0.0175 e. The first kappa shape index (κ1) is 8.28. The van der Waals surface area contributed by atoms with Crippen LogP contribution in [0.1, 0.15) is 11.1 Å². The molecule has 0 atom stereocenters. The lowest BCUT2D eigenvalue weighted by Gasteiger charge is -1.97. The molecule has 56 valence electrons. The molecule has 0 nitrogen and oxygen atoms in total. The van der Waals surface area contributed by atoms with Crippen molar-refractivity contribution < 1.29 is 0 Å². The number of hydrogen-bond acceptors (Lipinski definition) is 0. The molecule has 1 heteroatoms. The summed E-state index contributed by atoms with van der Waals surface area (Å²) in [6, 6.07) is 8.03. The highest BCUT2D eigenvalue weighted by Crippen LogP contribution is 2.18. The summed E-state index contributed by atoms with van der Waals surface area (Å²) in [6.45, 7) is 7.44. The molecule has 1 aromatic rings. The zero-order valence-electron chi connectivity index (χ0n) is 6.18. The van der Waals surface area contributed by atoms with Gasteiger partial charge in [0.25, 0.3) is 0 Å². The van der Waals surface area contributed by atoms with Gasteiger partial charge in [-0.1, -0.05) is 59.4 Å². The summed E-state index contributed by atoms with van der Waals surface area (Å²) in [7, 11) is 0. The Kier molecular flexibility index (Phi) is 2.66. The molecule has 0 saturated carbocycles. The van der Waals surface area contributed by atoms with E-state index in [0.29, 0.717) is 0 Å². The van der Waals surface area contributed by atoms with Crippen LogP contribution in [-0.4, -0.2) is 0 Å². The fourth-order valence-corrected chi connectivity index (χ4v) is 1.06. The zero-order valence-corrected chi connectivity index (χ0v) is 7.76. The second kappa shape index (κ2) is 3.54. The van der Waals surface area contributed by atoms with E-state index < -0.39 is 0 Å². The fraction of sp³-hybridized carbons (Fsp3) is 0. The van der Waals surface area contributed by atoms with Crippen molar-refractivity contribution in [3.63, 3.8) is 0 Å². The van der Waals surface area contributed by atoms with Gasteiger partial charge in [0.2, 0.25) is 0 Å². The van der Waals surface area contributed by atoms with Gasteiger partial charge in [0, 0.05) is 4.48 Å². The average Bonchev–Trinajstić information content (AvgIpc) is 2.05. The van der Waals surface area contributed by atoms with Gasteiger partial charge in [0.15, 0.2) is 0 Å². The van der Waals surface area contributed by atoms with Crippen LogP contribution in [0.4, 0.5) is 0 Å². The Morgan fingerprint density at radius 1 is 1.27 bits per heavy atom. The maximum absolute atomic E-state index is 3.77. The molecule has 0 heterocycles. The first-order valence-electron chi connectivity index (χ1n) is 3.31. The summed E-state index contributed by atoms with van der Waals surface area (Å²) in [5.74, 6) is 0. The molecule has 0 aromatic heterocycles. The van der Waals surface area contributed by atoms with E-state index in [-0.39, 0.29) is 0 Å². The number of hydrogen-bond donors (Lipinski definition) is 0. The first-order chi connectivity index (χ1) is 5.24. The van der Waals surface area contributed by atoms with E-state index in [9.17, 15) is 0 Å². The van der Waals surface area contributed by atoms with Crippen molar-refractivity contribution in [2.75, 3.05) is 0 Å². The van der Waals surface area contributed by atoms with Gasteiger partial charge in [-0.15, -0.1) is 0 Å². The van der Waals surface area contributed by atoms with Gasteiger partial charge in [-0.2, -0.15) is 0 Å². The Labute approximate surface area is 75.4 Å². The molecule has 0 aliphatic heterocycles. The van der Waals surface area contributed by atoms with Crippen molar-refractivity contribution in [2.45, 2.75) is 0 Å². The van der Waals surface area contributed by atoms with Crippen LogP contribution in [0.2, 0.25) is 0 Å². The lowest BCUT2D eigenvalue weighted by atomic mass is 10.1. The van der Waals surface area contributed by atoms with E-state index >= 15 is 0 Å². The van der Waals surface area contributed by atoms with Crippen molar-refractivity contribution in [2.24, 2.45) is 0 Å². The van der Waals surface area contributed by atoms with Gasteiger partial charge in [-0.05, 0) is 11.1 Å². The van der Waals surface area contributed by atoms with E-state index in [1.54, 1.807) is 0 Å². The van der Waals surface area contributed by atoms with Gasteiger partial charge in [-0.3, -0.25) is 0 Å². The van der Waals surface area contributed by atoms with E-state index in [0.717, 1.165) is 15.6 Å². The quantitative estimate of drug-likeness (QED) is 0.696. The van der Waals surface area contributed by atoms with E-state index in [1.807, 2.05) is 30.3 Å². The molecule has 0 aliphatic carbocycles. The monoisotopic (exact) mass is 208 g/mol. The van der Waals surface area contributed by atoms with Crippen LogP contribution in [-0.2, 0) is 0 Å². The lowest BCUT2D eigenvalue weighted by Crippen LogP contribution is -1.75. The van der Waals surface area contributed by atoms with Crippen molar-refractivity contribution >= 4 is 26.5 Å². The molecule has 0 N–H and O–H groups in total. The summed E-state index contributed by atoms with van der Waals surface area (Å²) in [6.07, 6.45) is 1.82. The number of halogens is 1. The van der Waals surface area contributed by atoms with Crippen LogP contribution < -0.4 is 0 Å². The van der Waals surface area contributed by atoms with Crippen LogP contribution >= 0.6 is 15.9 Å². The van der Waals surface area contributed by atoms with Crippen LogP contribution in [0.5, 0.6) is 0 Å². The Morgan fingerprint density at radius 2 is 1.82 bits per heavy atom. The molecule has 0 radical (unpaired) electrons. The van der Waals surface area contributed by atoms with Gasteiger partial charge < -0.3 is 0 Å². The minimum absolute atomic E-state index is 0.910. The van der Waals surface area contributed by atoms with Crippen molar-refractivity contribution in [1.82, 2.24) is 0 Å². The van der Waals surface area contributed by atoms with Crippen LogP contribution in [0, 0.1) is 0 Å². The van der Waals surface area contributed by atoms with Crippen molar-refractivity contribution in [3.05, 3.63) is 48.6 Å². The molecule has 1 rings (SSSR count). The topological polar surface area (TPSA) is 0 Å². The molecule has 11 heavy (non-hydrogen) atoms. The van der Waals surface area contributed by atoms with Crippen LogP contribution in [0.15, 0.2) is 37.4 Å². The molecular weight excluding hydrogens is 200 g/mol. The number of rotatable bonds is 2. The van der Waals surface area contributed by atoms with Gasteiger partial charge in [0.05, 0.1) is 0 Å². The third-order valence-electron chi connectivity index (χ3n) is 1.46. The Bertz CT molecular complexity index is 269. The normalized spacial score (nSPS) is 9.18. The second-order valence-corrected chi connectivity index (χ2v) is 3.19. The van der Waals surface area contributed by atoms with Gasteiger partial charge >= 0.3 is 0 Å². The van der Waals surface area contributed by atoms with Crippen molar-refractivity contribution in [1.29, 1.82) is 0 Å². The summed E-state index contributed by atoms with van der Waals surface area (Å²) < 4.78 is 0.910. The van der Waals surface area contributed by atoms with E-state index in [1.165, 1.54) is 0 Å². The Balaban J connectivity index is 3.00. The standard InChI is InChI=1S/C10H9Br/c1-3-9-4-6-10(7-5-9)8(2)11/h3-7H,1-2H2. The first-order valence-corrected chi connectivity index (χ1v) is 4.10. The minimum Gasteiger partial charge on any atom is -0.0985 e. The van der Waals surface area contributed by atoms with Gasteiger partial charge in [0.1, 0.15) is 0 Å². The molecular formula is C10H9Br. The lowest BCUT2D eigenvalue weighted by molar-refractivity contribution is 1.62. The average molecular weight is 209 g/mol. The molecule has 0 unspecified atom stereocenters. The highest BCUT2D eigenvalue weighted by atomic mass is 79.9. The van der Waals surface area contributed by atoms with Crippen molar-refractivity contribution in [3.8, 4) is 0 Å². The zero-order chi connectivity index (χ0) is 8.27. The summed E-state index contributed by atoms with van der Waals surface area (Å²) in [4.78, 5) is 0. The highest BCUT2D eigenvalue weighted by Gasteiger charge is 1.92. The highest BCUT2D eigenvalue weighted by molar-refractivity contribution is 9.15. The molecule has 1 aromatic carbocycles. The second-order valence-electron chi connectivity index (χ2n) is 2.23. The summed E-state index contributed by atoms with van der Waals surface area (Å²) >= 11 is 3.31. The molecule has 0 bridgehead atoms. The molecule has 0 aliphatic rings. The van der Waals surface area contributed by atoms with E-state index in [4.69, 9.17) is 0 Å². The fourth-order valence-electron chi connectivity index (χ4n) is 0.800. The third-order valence-corrected chi connectivity index (χ3v) is 1.92. The SMILES string of the molecule is C=Cc1ccc(C(=C)Br)cc1. The van der Waals surface area contributed by atoms with Crippen LogP contribution in [0.25, 0.3) is 10.6 Å². The number of benzene rings is 1. The molecule has 0 amide bonds. The predicted molar refractivity (Wildman–Crippen MR) is 54.5 cm³/mol. The minimum atomic E-state index is 0.910. The predicted octanol–water partition coefficient (Wildman–Crippen LogP) is 3.70. The largest absolute Gasteiger partial charge is 0.0985 e. The molecule has 0 spiro atoms. The Morgan fingerprint density at radius 3 is 2.18 bits per heavy atom. The smallest absolute Gasteiger partial charge is 0.0175 e. The Hall–Kier alpha value is -0.820. The summed E-state index contributed by atoms with van der Waals surface area (Å²) in [5, 5.41) is 0. The van der Waals surface area contributed by atoms with Gasteiger partial charge in [-0.25, -0.2) is 0 Å². The molecule has 0 fully saturated rings. The molecule has 0 saturated heterocycles. The summed E-state index contributed by atoms with van der Waals surface area (Å²) in [5.41, 5.74) is 2.23. The maximum atomic E-state index is 3.77. The van der Waals surface area contributed by atoms with Crippen LogP contribution in [0.3, 0.4) is 0 Å². The van der Waals surface area contributed by atoms with E-state index in [2.05, 4.69) is 29.1 Å². The third kappa shape index (κ3) is 2.05.